The first-order chi connectivity index (χ1) is 8.63. The van der Waals surface area contributed by atoms with Gasteiger partial charge in [-0.05, 0) is 44.0 Å². The highest BCUT2D eigenvalue weighted by molar-refractivity contribution is 6.02. The highest BCUT2D eigenvalue weighted by Gasteiger charge is 2.35. The van der Waals surface area contributed by atoms with Crippen molar-refractivity contribution < 1.29 is 14.3 Å². The van der Waals surface area contributed by atoms with E-state index in [9.17, 15) is 4.79 Å². The summed E-state index contributed by atoms with van der Waals surface area (Å²) in [5.41, 5.74) is -0.0171. The Labute approximate surface area is 109 Å². The molecular formula is C15H22O3. The summed E-state index contributed by atoms with van der Waals surface area (Å²) in [6.45, 7) is 6.44. The number of Topliss-reactive ketones (excluding diaryl/α,β-unsaturated/α-hetero) is 1. The number of carbonyl (C=O) groups excluding carboxylic acids is 1. The average Bonchev–Trinajstić information content (AvgIpc) is 2.44. The molecule has 18 heavy (non-hydrogen) atoms. The molecule has 0 aliphatic heterocycles. The van der Waals surface area contributed by atoms with Crippen molar-refractivity contribution in [2.75, 3.05) is 13.7 Å². The van der Waals surface area contributed by atoms with Gasteiger partial charge in [0, 0.05) is 12.2 Å². The minimum absolute atomic E-state index is 0.0528. The number of carbonyl (C=O) groups is 1. The zero-order chi connectivity index (χ0) is 13.6. The first-order valence-electron chi connectivity index (χ1n) is 6.46. The van der Waals surface area contributed by atoms with Crippen LogP contribution in [0, 0.1) is 0 Å². The fourth-order valence-electron chi connectivity index (χ4n) is 2.12. The van der Waals surface area contributed by atoms with Crippen molar-refractivity contribution in [3.05, 3.63) is 29.8 Å². The normalized spacial score (nSPS) is 11.3. The molecular weight excluding hydrogens is 228 g/mol. The maximum atomic E-state index is 12.6. The summed E-state index contributed by atoms with van der Waals surface area (Å²) in [6, 6.07) is 7.19. The largest absolute Gasteiger partial charge is 0.497 e. The fraction of sp³-hybridized carbons (Fsp3) is 0.533. The van der Waals surface area contributed by atoms with E-state index in [-0.39, 0.29) is 5.78 Å². The molecule has 0 aromatic heterocycles. The van der Waals surface area contributed by atoms with Crippen LogP contribution in [0.1, 0.15) is 44.0 Å². The molecule has 0 fully saturated rings. The van der Waals surface area contributed by atoms with Gasteiger partial charge < -0.3 is 9.47 Å². The molecule has 0 radical (unpaired) electrons. The van der Waals surface area contributed by atoms with Gasteiger partial charge in [-0.2, -0.15) is 0 Å². The highest BCUT2D eigenvalue weighted by atomic mass is 16.5. The van der Waals surface area contributed by atoms with E-state index < -0.39 is 5.60 Å². The Kier molecular flexibility index (Phi) is 5.35. The minimum atomic E-state index is -0.691. The second kappa shape index (κ2) is 6.55. The second-order valence-electron chi connectivity index (χ2n) is 4.19. The average molecular weight is 250 g/mol. The first-order valence-corrected chi connectivity index (χ1v) is 6.46. The van der Waals surface area contributed by atoms with Crippen molar-refractivity contribution in [1.82, 2.24) is 0 Å². The van der Waals surface area contributed by atoms with Gasteiger partial charge in [-0.25, -0.2) is 0 Å². The van der Waals surface area contributed by atoms with Gasteiger partial charge in [-0.15, -0.1) is 0 Å². The summed E-state index contributed by atoms with van der Waals surface area (Å²) in [5, 5.41) is 0. The third-order valence-electron chi connectivity index (χ3n) is 3.33. The second-order valence-corrected chi connectivity index (χ2v) is 4.19. The van der Waals surface area contributed by atoms with Crippen LogP contribution >= 0.6 is 0 Å². The Morgan fingerprint density at radius 1 is 1.11 bits per heavy atom. The number of ether oxygens (including phenoxy) is 2. The van der Waals surface area contributed by atoms with E-state index in [1.807, 2.05) is 20.8 Å². The summed E-state index contributed by atoms with van der Waals surface area (Å²) in [5.74, 6) is 0.804. The molecule has 0 saturated heterocycles. The summed E-state index contributed by atoms with van der Waals surface area (Å²) in [4.78, 5) is 12.6. The lowest BCUT2D eigenvalue weighted by atomic mass is 9.87. The van der Waals surface area contributed by atoms with Crippen molar-refractivity contribution in [2.45, 2.75) is 39.2 Å². The van der Waals surface area contributed by atoms with E-state index in [1.165, 1.54) is 0 Å². The molecule has 0 unspecified atom stereocenters. The lowest BCUT2D eigenvalue weighted by molar-refractivity contribution is -0.0250. The summed E-state index contributed by atoms with van der Waals surface area (Å²) in [6.07, 6.45) is 1.37. The molecule has 0 bridgehead atoms. The predicted molar refractivity (Wildman–Crippen MR) is 72.3 cm³/mol. The molecule has 100 valence electrons. The molecule has 0 amide bonds. The van der Waals surface area contributed by atoms with Crippen LogP contribution in [0.25, 0.3) is 0 Å². The monoisotopic (exact) mass is 250 g/mol. The molecule has 3 heteroatoms. The Bertz CT molecular complexity index is 377. The van der Waals surface area contributed by atoms with Gasteiger partial charge in [0.1, 0.15) is 11.4 Å². The van der Waals surface area contributed by atoms with E-state index in [0.29, 0.717) is 25.0 Å². The number of hydrogen-bond acceptors (Lipinski definition) is 3. The summed E-state index contributed by atoms with van der Waals surface area (Å²) in [7, 11) is 1.61. The third-order valence-corrected chi connectivity index (χ3v) is 3.33. The van der Waals surface area contributed by atoms with Crippen LogP contribution in [0.4, 0.5) is 0 Å². The van der Waals surface area contributed by atoms with Crippen LogP contribution in [0.5, 0.6) is 5.75 Å². The van der Waals surface area contributed by atoms with Gasteiger partial charge in [0.25, 0.3) is 0 Å². The maximum absolute atomic E-state index is 12.6. The maximum Gasteiger partial charge on any atom is 0.194 e. The molecule has 0 saturated carbocycles. The molecule has 0 heterocycles. The molecule has 3 nitrogen and oxygen atoms in total. The van der Waals surface area contributed by atoms with Gasteiger partial charge in [0.15, 0.2) is 5.78 Å². The van der Waals surface area contributed by atoms with E-state index in [4.69, 9.17) is 9.47 Å². The Morgan fingerprint density at radius 2 is 1.67 bits per heavy atom. The molecule has 1 rings (SSSR count). The van der Waals surface area contributed by atoms with E-state index in [1.54, 1.807) is 31.4 Å². The number of benzene rings is 1. The Balaban J connectivity index is 3.01. The van der Waals surface area contributed by atoms with Crippen LogP contribution in [0.3, 0.4) is 0 Å². The quantitative estimate of drug-likeness (QED) is 0.695. The van der Waals surface area contributed by atoms with Crippen molar-refractivity contribution in [3.63, 3.8) is 0 Å². The number of hydrogen-bond donors (Lipinski definition) is 0. The van der Waals surface area contributed by atoms with Crippen molar-refractivity contribution in [2.24, 2.45) is 0 Å². The zero-order valence-electron chi connectivity index (χ0n) is 11.7. The Hall–Kier alpha value is -1.35. The number of ketones is 1. The standard InChI is InChI=1S/C15H22O3/c1-5-15(6-2,18-7-3)14(16)12-8-10-13(17-4)11-9-12/h8-11H,5-7H2,1-4H3. The van der Waals surface area contributed by atoms with E-state index in [2.05, 4.69) is 0 Å². The lowest BCUT2D eigenvalue weighted by Gasteiger charge is -2.30. The van der Waals surface area contributed by atoms with Gasteiger partial charge in [-0.1, -0.05) is 13.8 Å². The molecule has 0 atom stereocenters. The summed E-state index contributed by atoms with van der Waals surface area (Å²) < 4.78 is 10.8. The topological polar surface area (TPSA) is 35.5 Å². The highest BCUT2D eigenvalue weighted by Crippen LogP contribution is 2.26. The van der Waals surface area contributed by atoms with Gasteiger partial charge in [-0.3, -0.25) is 4.79 Å². The summed E-state index contributed by atoms with van der Waals surface area (Å²) >= 11 is 0. The van der Waals surface area contributed by atoms with Gasteiger partial charge >= 0.3 is 0 Å². The smallest absolute Gasteiger partial charge is 0.194 e. The lowest BCUT2D eigenvalue weighted by Crippen LogP contribution is -2.40. The van der Waals surface area contributed by atoms with Crippen LogP contribution < -0.4 is 4.74 Å². The number of rotatable bonds is 7. The zero-order valence-corrected chi connectivity index (χ0v) is 11.7. The van der Waals surface area contributed by atoms with E-state index in [0.717, 1.165) is 5.75 Å². The molecule has 1 aromatic rings. The van der Waals surface area contributed by atoms with Crippen LogP contribution in [0.15, 0.2) is 24.3 Å². The van der Waals surface area contributed by atoms with Crippen molar-refractivity contribution >= 4 is 5.78 Å². The predicted octanol–water partition coefficient (Wildman–Crippen LogP) is 3.47. The first kappa shape index (κ1) is 14.7. The van der Waals surface area contributed by atoms with Gasteiger partial charge in [0.2, 0.25) is 0 Å². The van der Waals surface area contributed by atoms with Crippen LogP contribution in [-0.4, -0.2) is 25.1 Å². The molecule has 0 N–H and O–H groups in total. The van der Waals surface area contributed by atoms with Crippen molar-refractivity contribution in [1.29, 1.82) is 0 Å². The Morgan fingerprint density at radius 3 is 2.06 bits per heavy atom. The van der Waals surface area contributed by atoms with Crippen LogP contribution in [-0.2, 0) is 4.74 Å². The van der Waals surface area contributed by atoms with Crippen molar-refractivity contribution in [3.8, 4) is 5.75 Å². The molecule has 0 aliphatic carbocycles. The van der Waals surface area contributed by atoms with Crippen LogP contribution in [0.2, 0.25) is 0 Å². The fourth-order valence-corrected chi connectivity index (χ4v) is 2.12. The minimum Gasteiger partial charge on any atom is -0.497 e. The third kappa shape index (κ3) is 2.91. The molecule has 0 aliphatic rings. The van der Waals surface area contributed by atoms with Gasteiger partial charge in [0.05, 0.1) is 7.11 Å². The van der Waals surface area contributed by atoms with E-state index >= 15 is 0 Å². The SMILES string of the molecule is CCOC(CC)(CC)C(=O)c1ccc(OC)cc1. The molecule has 0 spiro atoms. The number of methoxy groups -OCH3 is 1. The molecule has 1 aromatic carbocycles.